The molecule has 0 unspecified atom stereocenters. The number of nitrogens with zero attached hydrogens (tertiary/aromatic N) is 2. The second-order valence-electron chi connectivity index (χ2n) is 3.56. The first-order valence-corrected chi connectivity index (χ1v) is 5.66. The Bertz CT molecular complexity index is 419. The Morgan fingerprint density at radius 1 is 1.33 bits per heavy atom. The average Bonchev–Trinajstić information content (AvgIpc) is 2.75. The maximum absolute atomic E-state index is 13.4. The van der Waals surface area contributed by atoms with Crippen molar-refractivity contribution < 1.29 is 4.39 Å². The summed E-state index contributed by atoms with van der Waals surface area (Å²) in [4.78, 5) is 2.06. The topological polar surface area (TPSA) is 27.0 Å². The highest BCUT2D eigenvalue weighted by molar-refractivity contribution is 9.10. The molecule has 0 radical (unpaired) electrons. The smallest absolute Gasteiger partial charge is 0.139 e. The zero-order chi connectivity index (χ0) is 10.8. The highest BCUT2D eigenvalue weighted by Gasteiger charge is 2.20. The van der Waals surface area contributed by atoms with Gasteiger partial charge in [-0.1, -0.05) is 0 Å². The Labute approximate surface area is 96.4 Å². The van der Waals surface area contributed by atoms with Gasteiger partial charge >= 0.3 is 0 Å². The molecule has 1 heterocycles. The van der Waals surface area contributed by atoms with Gasteiger partial charge in [-0.25, -0.2) is 4.39 Å². The number of rotatable bonds is 1. The van der Waals surface area contributed by atoms with Crippen molar-refractivity contribution in [2.75, 3.05) is 18.0 Å². The minimum atomic E-state index is -0.309. The third-order valence-corrected chi connectivity index (χ3v) is 3.37. The third kappa shape index (κ3) is 1.84. The summed E-state index contributed by atoms with van der Waals surface area (Å²) in [5, 5.41) is 8.97. The van der Waals surface area contributed by atoms with E-state index in [9.17, 15) is 4.39 Å². The summed E-state index contributed by atoms with van der Waals surface area (Å²) in [5.41, 5.74) is 1.24. The van der Waals surface area contributed by atoms with Crippen molar-refractivity contribution in [1.29, 1.82) is 5.26 Å². The van der Waals surface area contributed by atoms with Crippen molar-refractivity contribution in [3.8, 4) is 6.07 Å². The number of halogens is 2. The molecule has 0 aromatic heterocycles. The van der Waals surface area contributed by atoms with Gasteiger partial charge in [0, 0.05) is 13.1 Å². The summed E-state index contributed by atoms with van der Waals surface area (Å²) in [7, 11) is 0. The normalized spacial score (nSPS) is 15.4. The summed E-state index contributed by atoms with van der Waals surface area (Å²) < 4.78 is 13.8. The van der Waals surface area contributed by atoms with Crippen LogP contribution in [0.2, 0.25) is 0 Å². The molecule has 0 spiro atoms. The van der Waals surface area contributed by atoms with Crippen molar-refractivity contribution in [3.63, 3.8) is 0 Å². The van der Waals surface area contributed by atoms with Crippen LogP contribution in [0.1, 0.15) is 18.4 Å². The van der Waals surface area contributed by atoms with E-state index in [2.05, 4.69) is 26.9 Å². The molecule has 0 N–H and O–H groups in total. The van der Waals surface area contributed by atoms with Crippen LogP contribution in [0.25, 0.3) is 0 Å². The number of anilines is 1. The molecule has 1 aromatic rings. The molecule has 0 aliphatic carbocycles. The lowest BCUT2D eigenvalue weighted by Gasteiger charge is -2.20. The maximum atomic E-state index is 13.4. The van der Waals surface area contributed by atoms with E-state index in [-0.39, 0.29) is 5.82 Å². The van der Waals surface area contributed by atoms with E-state index >= 15 is 0 Å². The van der Waals surface area contributed by atoms with Crippen molar-refractivity contribution >= 4 is 21.6 Å². The first kappa shape index (κ1) is 10.4. The maximum Gasteiger partial charge on any atom is 0.139 e. The van der Waals surface area contributed by atoms with Crippen LogP contribution in [-0.4, -0.2) is 13.1 Å². The molecule has 2 rings (SSSR count). The van der Waals surface area contributed by atoms with Crippen molar-refractivity contribution in [1.82, 2.24) is 0 Å². The monoisotopic (exact) mass is 268 g/mol. The summed E-state index contributed by atoms with van der Waals surface area (Å²) in [5.74, 6) is -0.309. The summed E-state index contributed by atoms with van der Waals surface area (Å²) in [6.45, 7) is 1.80. The third-order valence-electron chi connectivity index (χ3n) is 2.61. The van der Waals surface area contributed by atoms with Crippen LogP contribution in [0.15, 0.2) is 16.6 Å². The van der Waals surface area contributed by atoms with Gasteiger partial charge in [0.25, 0.3) is 0 Å². The predicted molar refractivity (Wildman–Crippen MR) is 60.3 cm³/mol. The fraction of sp³-hybridized carbons (Fsp3) is 0.364. The van der Waals surface area contributed by atoms with E-state index in [4.69, 9.17) is 5.26 Å². The molecule has 15 heavy (non-hydrogen) atoms. The van der Waals surface area contributed by atoms with Crippen LogP contribution in [0.3, 0.4) is 0 Å². The lowest BCUT2D eigenvalue weighted by molar-refractivity contribution is 0.620. The van der Waals surface area contributed by atoms with Gasteiger partial charge < -0.3 is 4.90 Å². The lowest BCUT2D eigenvalue weighted by Crippen LogP contribution is -2.19. The van der Waals surface area contributed by atoms with Crippen LogP contribution in [-0.2, 0) is 0 Å². The number of hydrogen-bond donors (Lipinski definition) is 0. The molecule has 78 valence electrons. The van der Waals surface area contributed by atoms with Gasteiger partial charge in [0.05, 0.1) is 15.7 Å². The van der Waals surface area contributed by atoms with Crippen molar-refractivity contribution in [2.24, 2.45) is 0 Å². The van der Waals surface area contributed by atoms with E-state index in [1.165, 1.54) is 12.1 Å². The minimum absolute atomic E-state index is 0.309. The standard InChI is InChI=1S/C11H10BrFN2/c12-10-9(13)4-3-8(7-14)11(10)15-5-1-2-6-15/h3-4H,1-2,5-6H2. The van der Waals surface area contributed by atoms with Gasteiger partial charge in [-0.3, -0.25) is 0 Å². The Morgan fingerprint density at radius 3 is 2.60 bits per heavy atom. The molecule has 1 saturated heterocycles. The summed E-state index contributed by atoms with van der Waals surface area (Å²) in [6, 6.07) is 4.96. The molecular weight excluding hydrogens is 259 g/mol. The SMILES string of the molecule is N#Cc1ccc(F)c(Br)c1N1CCCC1. The zero-order valence-corrected chi connectivity index (χ0v) is 9.72. The second-order valence-corrected chi connectivity index (χ2v) is 4.36. The molecule has 1 aliphatic rings. The Morgan fingerprint density at radius 2 is 2.00 bits per heavy atom. The molecule has 1 fully saturated rings. The van der Waals surface area contributed by atoms with Crippen LogP contribution >= 0.6 is 15.9 Å². The van der Waals surface area contributed by atoms with Crippen LogP contribution in [0, 0.1) is 17.1 Å². The first-order valence-electron chi connectivity index (χ1n) is 4.87. The van der Waals surface area contributed by atoms with Gasteiger partial charge in [-0.15, -0.1) is 0 Å². The van der Waals surface area contributed by atoms with Crippen LogP contribution in [0.5, 0.6) is 0 Å². The van der Waals surface area contributed by atoms with Gasteiger partial charge in [-0.05, 0) is 40.9 Å². The Hall–Kier alpha value is -1.08. The highest BCUT2D eigenvalue weighted by Crippen LogP contribution is 2.34. The molecule has 1 aromatic carbocycles. The molecular formula is C11H10BrFN2. The van der Waals surface area contributed by atoms with Gasteiger partial charge in [0.2, 0.25) is 0 Å². The summed E-state index contributed by atoms with van der Waals surface area (Å²) >= 11 is 3.21. The van der Waals surface area contributed by atoms with Gasteiger partial charge in [0.1, 0.15) is 11.9 Å². The molecule has 0 atom stereocenters. The molecule has 4 heteroatoms. The minimum Gasteiger partial charge on any atom is -0.369 e. The molecule has 1 aliphatic heterocycles. The molecule has 0 bridgehead atoms. The zero-order valence-electron chi connectivity index (χ0n) is 8.13. The van der Waals surface area contributed by atoms with Crippen LogP contribution < -0.4 is 4.90 Å². The van der Waals surface area contributed by atoms with Crippen molar-refractivity contribution in [3.05, 3.63) is 28.0 Å². The second kappa shape index (κ2) is 4.19. The lowest BCUT2D eigenvalue weighted by atomic mass is 10.1. The molecule has 0 amide bonds. The van der Waals surface area contributed by atoms with E-state index in [1.807, 2.05) is 0 Å². The van der Waals surface area contributed by atoms with Gasteiger partial charge in [-0.2, -0.15) is 5.26 Å². The molecule has 2 nitrogen and oxygen atoms in total. The average molecular weight is 269 g/mol. The van der Waals surface area contributed by atoms with E-state index in [0.717, 1.165) is 25.9 Å². The largest absolute Gasteiger partial charge is 0.369 e. The van der Waals surface area contributed by atoms with E-state index in [0.29, 0.717) is 15.7 Å². The fourth-order valence-corrected chi connectivity index (χ4v) is 2.48. The Balaban J connectivity index is 2.51. The summed E-state index contributed by atoms with van der Waals surface area (Å²) in [6.07, 6.45) is 2.21. The van der Waals surface area contributed by atoms with Crippen LogP contribution in [0.4, 0.5) is 10.1 Å². The van der Waals surface area contributed by atoms with E-state index < -0.39 is 0 Å². The Kier molecular flexibility index (Phi) is 2.92. The number of hydrogen-bond acceptors (Lipinski definition) is 2. The number of nitriles is 1. The van der Waals surface area contributed by atoms with Crippen molar-refractivity contribution in [2.45, 2.75) is 12.8 Å². The predicted octanol–water partition coefficient (Wildman–Crippen LogP) is 3.06. The van der Waals surface area contributed by atoms with Gasteiger partial charge in [0.15, 0.2) is 0 Å². The molecule has 0 saturated carbocycles. The number of benzene rings is 1. The van der Waals surface area contributed by atoms with E-state index in [1.54, 1.807) is 0 Å². The highest BCUT2D eigenvalue weighted by atomic mass is 79.9. The fourth-order valence-electron chi connectivity index (χ4n) is 1.88. The first-order chi connectivity index (χ1) is 7.24. The quantitative estimate of drug-likeness (QED) is 0.783.